The van der Waals surface area contributed by atoms with Crippen molar-refractivity contribution in [2.75, 3.05) is 0 Å². The first-order chi connectivity index (χ1) is 22.8. The zero-order valence-corrected chi connectivity index (χ0v) is 26.2. The molecule has 3 heterocycles. The molecule has 7 aromatic carbocycles. The Morgan fingerprint density at radius 2 is 1.13 bits per heavy atom. The van der Waals surface area contributed by atoms with Crippen molar-refractivity contribution in [1.29, 1.82) is 0 Å². The monoisotopic (exact) mass is 653 g/mol. The summed E-state index contributed by atoms with van der Waals surface area (Å²) >= 11 is 0.243. The minimum atomic E-state index is 0.243. The summed E-state index contributed by atoms with van der Waals surface area (Å²) in [6.45, 7) is 0. The van der Waals surface area contributed by atoms with Crippen LogP contribution in [0.25, 0.3) is 96.9 Å². The van der Waals surface area contributed by atoms with Gasteiger partial charge >= 0.3 is 236 Å². The van der Waals surface area contributed by atoms with E-state index in [1.807, 2.05) is 48.5 Å². The molecule has 214 valence electrons. The van der Waals surface area contributed by atoms with Crippen LogP contribution in [0.15, 0.2) is 144 Å². The van der Waals surface area contributed by atoms with E-state index < -0.39 is 0 Å². The molecule has 3 aromatic heterocycles. The van der Waals surface area contributed by atoms with Gasteiger partial charge in [0.2, 0.25) is 0 Å². The maximum absolute atomic E-state index is 6.11. The summed E-state index contributed by atoms with van der Waals surface area (Å²) in [5.41, 5.74) is 4.58. The van der Waals surface area contributed by atoms with Gasteiger partial charge in [-0.1, -0.05) is 18.2 Å². The topological polar surface area (TPSA) is 51.8 Å². The van der Waals surface area contributed by atoms with E-state index in [1.165, 1.54) is 35.5 Å². The predicted octanol–water partition coefficient (Wildman–Crippen LogP) is 10.4. The van der Waals surface area contributed by atoms with Crippen LogP contribution in [-0.4, -0.2) is 29.5 Å². The van der Waals surface area contributed by atoms with E-state index in [-0.39, 0.29) is 14.5 Å². The summed E-state index contributed by atoms with van der Waals surface area (Å²) < 4.78 is 9.01. The molecule has 0 N–H and O–H groups in total. The van der Waals surface area contributed by atoms with Crippen LogP contribution in [0.5, 0.6) is 0 Å². The van der Waals surface area contributed by atoms with Gasteiger partial charge in [0.25, 0.3) is 0 Å². The van der Waals surface area contributed by atoms with Gasteiger partial charge in [0.1, 0.15) is 5.58 Å². The van der Waals surface area contributed by atoms with Gasteiger partial charge in [-0.2, -0.15) is 0 Å². The van der Waals surface area contributed by atoms with Crippen LogP contribution < -0.4 is 0 Å². The van der Waals surface area contributed by atoms with E-state index in [0.29, 0.717) is 17.5 Å². The molecule has 0 aliphatic rings. The molecule has 5 heteroatoms. The molecule has 0 amide bonds. The van der Waals surface area contributed by atoms with Crippen LogP contribution in [0.4, 0.5) is 0 Å². The average molecular weight is 653 g/mol. The van der Waals surface area contributed by atoms with Crippen LogP contribution in [0.2, 0.25) is 0 Å². The molecule has 0 unspecified atom stereocenters. The van der Waals surface area contributed by atoms with E-state index in [1.54, 1.807) is 0 Å². The van der Waals surface area contributed by atoms with Crippen molar-refractivity contribution in [1.82, 2.24) is 15.0 Å². The third-order valence-electron chi connectivity index (χ3n) is 8.93. The minimum absolute atomic E-state index is 0.243. The molecule has 0 bridgehead atoms. The van der Waals surface area contributed by atoms with Crippen LogP contribution >= 0.6 is 0 Å². The number of aromatic nitrogens is 3. The molecule has 0 saturated heterocycles. The van der Waals surface area contributed by atoms with Gasteiger partial charge in [-0.15, -0.1) is 0 Å². The normalized spacial score (nSPS) is 11.9. The molecule has 10 aromatic rings. The van der Waals surface area contributed by atoms with Gasteiger partial charge in [0, 0.05) is 0 Å². The molecular weight excluding hydrogens is 629 g/mol. The number of para-hydroxylation sites is 1. The number of nitrogens with zero attached hydrogens (tertiary/aromatic N) is 3. The number of fused-ring (bicyclic) bond motifs is 10. The van der Waals surface area contributed by atoms with Crippen molar-refractivity contribution < 1.29 is 4.42 Å². The first-order valence-corrected chi connectivity index (χ1v) is 17.0. The van der Waals surface area contributed by atoms with Gasteiger partial charge in [0.15, 0.2) is 0 Å². The Morgan fingerprint density at radius 1 is 0.435 bits per heavy atom. The SMILES string of the molecule is c1ccc(-c2nc(-c3ccc4oc5ccccc5c4c3)nc(-c3cccc4c3ccc3ccc5c6ccccc6[se]c5c34)n2)cc1. The zero-order chi connectivity index (χ0) is 30.2. The van der Waals surface area contributed by atoms with Gasteiger partial charge in [-0.3, -0.25) is 0 Å². The first-order valence-electron chi connectivity index (χ1n) is 15.3. The Morgan fingerprint density at radius 3 is 2.02 bits per heavy atom. The molecular formula is C41H23N3OSe. The molecule has 10 rings (SSSR count). The van der Waals surface area contributed by atoms with Crippen molar-refractivity contribution in [3.63, 3.8) is 0 Å². The number of benzene rings is 7. The first kappa shape index (κ1) is 25.7. The molecule has 0 fully saturated rings. The summed E-state index contributed by atoms with van der Waals surface area (Å²) in [4.78, 5) is 15.3. The van der Waals surface area contributed by atoms with E-state index >= 15 is 0 Å². The quantitative estimate of drug-likeness (QED) is 0.141. The molecule has 0 saturated carbocycles. The third kappa shape index (κ3) is 3.89. The van der Waals surface area contributed by atoms with E-state index in [2.05, 4.69) is 91.0 Å². The number of rotatable bonds is 3. The van der Waals surface area contributed by atoms with Crippen molar-refractivity contribution >= 4 is 77.3 Å². The Kier molecular flexibility index (Phi) is 5.56. The van der Waals surface area contributed by atoms with Crippen molar-refractivity contribution in [3.8, 4) is 34.2 Å². The summed E-state index contributed by atoms with van der Waals surface area (Å²) in [6, 6.07) is 48.9. The Bertz CT molecular complexity index is 2820. The van der Waals surface area contributed by atoms with E-state index in [0.717, 1.165) is 44.0 Å². The summed E-state index contributed by atoms with van der Waals surface area (Å²) in [6.07, 6.45) is 0. The molecule has 0 spiro atoms. The van der Waals surface area contributed by atoms with Crippen molar-refractivity contribution in [2.45, 2.75) is 0 Å². The van der Waals surface area contributed by atoms with Crippen molar-refractivity contribution in [2.24, 2.45) is 0 Å². The van der Waals surface area contributed by atoms with E-state index in [9.17, 15) is 0 Å². The number of hydrogen-bond acceptors (Lipinski definition) is 4. The van der Waals surface area contributed by atoms with E-state index in [4.69, 9.17) is 19.4 Å². The average Bonchev–Trinajstić information content (AvgIpc) is 3.69. The fraction of sp³-hybridized carbons (Fsp3) is 0. The Balaban J connectivity index is 1.24. The van der Waals surface area contributed by atoms with Gasteiger partial charge in [0.05, 0.1) is 0 Å². The Hall–Kier alpha value is -5.61. The second kappa shape index (κ2) is 9.95. The standard InChI is InChI=1S/C41H23N3OSe/c1-2-9-25(10-3-1)39-42-40(26-19-22-35-33(23-26)28-11-4-6-15-34(28)45-35)44-41(43-39)32-14-8-13-30-27(32)20-17-24-18-21-31-29-12-5-7-16-36(29)46-38(31)37(24)30/h1-23H. The van der Waals surface area contributed by atoms with Crippen LogP contribution in [-0.2, 0) is 0 Å². The molecule has 4 nitrogen and oxygen atoms in total. The number of hydrogen-bond donors (Lipinski definition) is 0. The predicted molar refractivity (Wildman–Crippen MR) is 190 cm³/mol. The summed E-state index contributed by atoms with van der Waals surface area (Å²) in [5, 5.41) is 9.82. The molecule has 0 aliphatic heterocycles. The molecule has 0 radical (unpaired) electrons. The molecule has 0 aliphatic carbocycles. The van der Waals surface area contributed by atoms with Crippen molar-refractivity contribution in [3.05, 3.63) is 140 Å². The number of furan rings is 1. The van der Waals surface area contributed by atoms with Gasteiger partial charge in [-0.25, -0.2) is 0 Å². The van der Waals surface area contributed by atoms with Gasteiger partial charge in [-0.05, 0) is 6.07 Å². The summed E-state index contributed by atoms with van der Waals surface area (Å²) in [7, 11) is 0. The molecule has 46 heavy (non-hydrogen) atoms. The summed E-state index contributed by atoms with van der Waals surface area (Å²) in [5.74, 6) is 1.94. The molecule has 0 atom stereocenters. The second-order valence-electron chi connectivity index (χ2n) is 11.6. The maximum atomic E-state index is 6.11. The van der Waals surface area contributed by atoms with Crippen LogP contribution in [0.3, 0.4) is 0 Å². The Labute approximate surface area is 269 Å². The van der Waals surface area contributed by atoms with Crippen LogP contribution in [0, 0.1) is 0 Å². The second-order valence-corrected chi connectivity index (χ2v) is 13.8. The zero-order valence-electron chi connectivity index (χ0n) is 24.4. The fourth-order valence-corrected chi connectivity index (χ4v) is 9.43. The van der Waals surface area contributed by atoms with Gasteiger partial charge < -0.3 is 4.42 Å². The fourth-order valence-electron chi connectivity index (χ4n) is 6.76. The third-order valence-corrected chi connectivity index (χ3v) is 11.5. The van der Waals surface area contributed by atoms with Crippen LogP contribution in [0.1, 0.15) is 0 Å².